The summed E-state index contributed by atoms with van der Waals surface area (Å²) in [4.78, 5) is 17.2. The Hall–Kier alpha value is -2.01. The van der Waals surface area contributed by atoms with Crippen molar-refractivity contribution in [3.05, 3.63) is 36.0 Å². The third-order valence-corrected chi connectivity index (χ3v) is 4.44. The zero-order valence-corrected chi connectivity index (χ0v) is 12.2. The fraction of sp³-hybridized carbons (Fsp3) is 0.438. The average molecular weight is 287 g/mol. The number of hydrogen-bond donors (Lipinski definition) is 3. The Kier molecular flexibility index (Phi) is 3.84. The number of fused-ring (bicyclic) bond motifs is 1. The van der Waals surface area contributed by atoms with Crippen LogP contribution in [0.25, 0.3) is 10.9 Å². The number of hydrogen-bond acceptors (Lipinski definition) is 2. The minimum absolute atomic E-state index is 0.0294. The van der Waals surface area contributed by atoms with Gasteiger partial charge in [0.05, 0.1) is 12.6 Å². The van der Waals surface area contributed by atoms with E-state index < -0.39 is 0 Å². The Morgan fingerprint density at radius 3 is 3.10 bits per heavy atom. The van der Waals surface area contributed by atoms with Crippen LogP contribution in [0.1, 0.15) is 18.9 Å². The number of nitrogens with one attached hydrogen (secondary N) is 2. The van der Waals surface area contributed by atoms with E-state index in [-0.39, 0.29) is 18.7 Å². The molecule has 2 aromatic rings. The first-order valence-corrected chi connectivity index (χ1v) is 7.41. The predicted octanol–water partition coefficient (Wildman–Crippen LogP) is 2.08. The smallest absolute Gasteiger partial charge is 0.318 e. The highest BCUT2D eigenvalue weighted by Crippen LogP contribution is 2.23. The summed E-state index contributed by atoms with van der Waals surface area (Å²) in [6.45, 7) is 3.31. The molecule has 0 bridgehead atoms. The average Bonchev–Trinajstić information content (AvgIpc) is 3.08. The van der Waals surface area contributed by atoms with Gasteiger partial charge in [0.15, 0.2) is 0 Å². The van der Waals surface area contributed by atoms with E-state index in [4.69, 9.17) is 0 Å². The molecular formula is C16H21N3O2. The van der Waals surface area contributed by atoms with Crippen molar-refractivity contribution in [3.63, 3.8) is 0 Å². The monoisotopic (exact) mass is 287 g/mol. The van der Waals surface area contributed by atoms with Crippen LogP contribution >= 0.6 is 0 Å². The van der Waals surface area contributed by atoms with Crippen LogP contribution in [0.3, 0.4) is 0 Å². The molecule has 1 aromatic heterocycles. The summed E-state index contributed by atoms with van der Waals surface area (Å²) in [5, 5.41) is 13.5. The lowest BCUT2D eigenvalue weighted by Gasteiger charge is -2.25. The first kappa shape index (κ1) is 13.9. The normalized spacial score (nSPS) is 21.9. The summed E-state index contributed by atoms with van der Waals surface area (Å²) in [5.74, 6) is 0.355. The molecule has 0 spiro atoms. The molecular weight excluding hydrogens is 266 g/mol. The zero-order valence-electron chi connectivity index (χ0n) is 12.2. The molecule has 3 rings (SSSR count). The number of benzene rings is 1. The first-order chi connectivity index (χ1) is 10.2. The fourth-order valence-electron chi connectivity index (χ4n) is 3.09. The van der Waals surface area contributed by atoms with E-state index in [0.29, 0.717) is 19.0 Å². The SMILES string of the molecule is CC1CCN(C(=O)NCc2c[nH]c3ccccc23)C1CO. The maximum absolute atomic E-state index is 12.3. The molecule has 2 atom stereocenters. The number of nitrogens with zero attached hydrogens (tertiary/aromatic N) is 1. The lowest BCUT2D eigenvalue weighted by atomic mass is 10.0. The Labute approximate surface area is 124 Å². The predicted molar refractivity (Wildman–Crippen MR) is 81.9 cm³/mol. The lowest BCUT2D eigenvalue weighted by Crippen LogP contribution is -2.45. The number of aromatic amines is 1. The molecule has 2 unspecified atom stereocenters. The number of aliphatic hydroxyl groups is 1. The second kappa shape index (κ2) is 5.77. The number of rotatable bonds is 3. The third-order valence-electron chi connectivity index (χ3n) is 4.44. The van der Waals surface area contributed by atoms with Crippen molar-refractivity contribution in [1.29, 1.82) is 0 Å². The molecule has 0 radical (unpaired) electrons. The van der Waals surface area contributed by atoms with Crippen LogP contribution < -0.4 is 5.32 Å². The van der Waals surface area contributed by atoms with Crippen molar-refractivity contribution < 1.29 is 9.90 Å². The van der Waals surface area contributed by atoms with Crippen molar-refractivity contribution in [2.75, 3.05) is 13.2 Å². The molecule has 3 N–H and O–H groups in total. The molecule has 1 aliphatic heterocycles. The molecule has 1 saturated heterocycles. The zero-order chi connectivity index (χ0) is 14.8. The van der Waals surface area contributed by atoms with Gasteiger partial charge >= 0.3 is 6.03 Å². The summed E-state index contributed by atoms with van der Waals surface area (Å²) in [6, 6.07) is 7.88. The summed E-state index contributed by atoms with van der Waals surface area (Å²) in [6.07, 6.45) is 2.88. The van der Waals surface area contributed by atoms with Crippen molar-refractivity contribution in [3.8, 4) is 0 Å². The van der Waals surface area contributed by atoms with Crippen molar-refractivity contribution in [2.45, 2.75) is 25.9 Å². The third kappa shape index (κ3) is 2.61. The van der Waals surface area contributed by atoms with E-state index in [1.54, 1.807) is 4.90 Å². The number of H-pyrrole nitrogens is 1. The quantitative estimate of drug-likeness (QED) is 0.809. The van der Waals surface area contributed by atoms with Gasteiger partial charge in [0.25, 0.3) is 0 Å². The van der Waals surface area contributed by atoms with Gasteiger partial charge in [-0.1, -0.05) is 25.1 Å². The summed E-state index contributed by atoms with van der Waals surface area (Å²) < 4.78 is 0. The minimum atomic E-state index is -0.0938. The van der Waals surface area contributed by atoms with Gasteiger partial charge in [-0.25, -0.2) is 4.79 Å². The fourth-order valence-corrected chi connectivity index (χ4v) is 3.09. The highest BCUT2D eigenvalue weighted by atomic mass is 16.3. The van der Waals surface area contributed by atoms with E-state index in [1.807, 2.05) is 30.5 Å². The summed E-state index contributed by atoms with van der Waals surface area (Å²) in [5.41, 5.74) is 2.15. The minimum Gasteiger partial charge on any atom is -0.394 e. The number of para-hydroxylation sites is 1. The number of carbonyl (C=O) groups is 1. The summed E-state index contributed by atoms with van der Waals surface area (Å²) in [7, 11) is 0. The molecule has 0 saturated carbocycles. The van der Waals surface area contributed by atoms with Crippen molar-refractivity contribution in [2.24, 2.45) is 5.92 Å². The van der Waals surface area contributed by atoms with Crippen LogP contribution in [-0.2, 0) is 6.54 Å². The van der Waals surface area contributed by atoms with E-state index in [1.165, 1.54) is 0 Å². The first-order valence-electron chi connectivity index (χ1n) is 7.41. The van der Waals surface area contributed by atoms with E-state index in [2.05, 4.69) is 17.2 Å². The van der Waals surface area contributed by atoms with Crippen molar-refractivity contribution in [1.82, 2.24) is 15.2 Å². The van der Waals surface area contributed by atoms with Gasteiger partial charge in [0.1, 0.15) is 0 Å². The molecule has 0 aliphatic carbocycles. The van der Waals surface area contributed by atoms with Gasteiger partial charge in [-0.3, -0.25) is 0 Å². The highest BCUT2D eigenvalue weighted by Gasteiger charge is 2.33. The van der Waals surface area contributed by atoms with Gasteiger partial charge in [0.2, 0.25) is 0 Å². The second-order valence-electron chi connectivity index (χ2n) is 5.73. The Bertz CT molecular complexity index is 637. The van der Waals surface area contributed by atoms with Crippen LogP contribution in [0.15, 0.2) is 30.5 Å². The molecule has 1 aliphatic rings. The van der Waals surface area contributed by atoms with Crippen LogP contribution in [0.2, 0.25) is 0 Å². The Morgan fingerprint density at radius 2 is 2.29 bits per heavy atom. The van der Waals surface area contributed by atoms with Crippen molar-refractivity contribution >= 4 is 16.9 Å². The maximum Gasteiger partial charge on any atom is 0.318 e. The van der Waals surface area contributed by atoms with Gasteiger partial charge in [0, 0.05) is 30.2 Å². The number of likely N-dealkylation sites (tertiary alicyclic amines) is 1. The van der Waals surface area contributed by atoms with Gasteiger partial charge in [-0.05, 0) is 24.0 Å². The highest BCUT2D eigenvalue weighted by molar-refractivity contribution is 5.83. The molecule has 5 nitrogen and oxygen atoms in total. The maximum atomic E-state index is 12.3. The molecule has 112 valence electrons. The van der Waals surface area contributed by atoms with Crippen LogP contribution in [0, 0.1) is 5.92 Å². The number of aromatic nitrogens is 1. The largest absolute Gasteiger partial charge is 0.394 e. The van der Waals surface area contributed by atoms with Gasteiger partial charge in [-0.2, -0.15) is 0 Å². The second-order valence-corrected chi connectivity index (χ2v) is 5.73. The molecule has 1 aromatic carbocycles. The number of aliphatic hydroxyl groups excluding tert-OH is 1. The summed E-state index contributed by atoms with van der Waals surface area (Å²) >= 11 is 0. The number of urea groups is 1. The number of carbonyl (C=O) groups excluding carboxylic acids is 1. The number of amides is 2. The van der Waals surface area contributed by atoms with E-state index in [9.17, 15) is 9.90 Å². The lowest BCUT2D eigenvalue weighted by molar-refractivity contribution is 0.143. The van der Waals surface area contributed by atoms with Gasteiger partial charge < -0.3 is 20.3 Å². The molecule has 21 heavy (non-hydrogen) atoms. The molecule has 5 heteroatoms. The Morgan fingerprint density at radius 1 is 1.48 bits per heavy atom. The van der Waals surface area contributed by atoms with Crippen LogP contribution in [0.5, 0.6) is 0 Å². The van der Waals surface area contributed by atoms with Crippen LogP contribution in [0.4, 0.5) is 4.79 Å². The van der Waals surface area contributed by atoms with Gasteiger partial charge in [-0.15, -0.1) is 0 Å². The molecule has 2 amide bonds. The standard InChI is InChI=1S/C16H21N3O2/c1-11-6-7-19(15(11)10-20)16(21)18-9-12-8-17-14-5-3-2-4-13(12)14/h2-5,8,11,15,17,20H,6-7,9-10H2,1H3,(H,18,21). The van der Waals surface area contributed by atoms with E-state index in [0.717, 1.165) is 22.9 Å². The molecule has 2 heterocycles. The van der Waals surface area contributed by atoms with E-state index >= 15 is 0 Å². The topological polar surface area (TPSA) is 68.4 Å². The molecule has 1 fully saturated rings. The Balaban J connectivity index is 1.66. The van der Waals surface area contributed by atoms with Crippen LogP contribution in [-0.4, -0.2) is 40.2 Å².